The third-order valence-corrected chi connectivity index (χ3v) is 5.13. The number of hydrogen-bond donors (Lipinski definition) is 4. The summed E-state index contributed by atoms with van der Waals surface area (Å²) in [5, 5.41) is 25.3. The van der Waals surface area contributed by atoms with Crippen molar-refractivity contribution in [3.8, 4) is 0 Å². The summed E-state index contributed by atoms with van der Waals surface area (Å²) in [6, 6.07) is 7.39. The average Bonchev–Trinajstić information content (AvgIpc) is 2.90. The second-order valence-corrected chi connectivity index (χ2v) is 6.68. The fraction of sp³-hybridized carbons (Fsp3) is 0.556. The molecule has 0 aliphatic heterocycles. The van der Waals surface area contributed by atoms with E-state index in [-0.39, 0.29) is 13.1 Å². The molecule has 0 radical (unpaired) electrons. The number of fused-ring (bicyclic) bond motifs is 1. The molecule has 2 rings (SSSR count). The largest absolute Gasteiger partial charge is 0.481 e. The van der Waals surface area contributed by atoms with Gasteiger partial charge in [-0.1, -0.05) is 38.1 Å². The maximum atomic E-state index is 12.0. The van der Waals surface area contributed by atoms with Crippen LogP contribution in [0.1, 0.15) is 37.8 Å². The van der Waals surface area contributed by atoms with Gasteiger partial charge in [-0.2, -0.15) is 0 Å². The van der Waals surface area contributed by atoms with Crippen molar-refractivity contribution in [2.75, 3.05) is 13.1 Å². The van der Waals surface area contributed by atoms with Gasteiger partial charge in [-0.25, -0.2) is 4.79 Å². The molecule has 0 bridgehead atoms. The molecule has 0 saturated heterocycles. The van der Waals surface area contributed by atoms with Crippen LogP contribution in [0.4, 0.5) is 4.79 Å². The molecule has 4 N–H and O–H groups in total. The number of carbonyl (C=O) groups is 2. The predicted molar refractivity (Wildman–Crippen MR) is 90.9 cm³/mol. The molecule has 6 heteroatoms. The highest BCUT2D eigenvalue weighted by molar-refractivity contribution is 5.78. The number of aliphatic carboxylic acids is 1. The third kappa shape index (κ3) is 3.87. The number of rotatable bonds is 7. The zero-order valence-corrected chi connectivity index (χ0v) is 14.3. The van der Waals surface area contributed by atoms with E-state index in [1.54, 1.807) is 13.8 Å². The van der Waals surface area contributed by atoms with Crippen LogP contribution in [0.3, 0.4) is 0 Å². The third-order valence-electron chi connectivity index (χ3n) is 5.13. The first-order chi connectivity index (χ1) is 11.3. The number of urea groups is 1. The van der Waals surface area contributed by atoms with Crippen molar-refractivity contribution in [2.45, 2.75) is 45.1 Å². The van der Waals surface area contributed by atoms with E-state index in [0.717, 1.165) is 11.1 Å². The van der Waals surface area contributed by atoms with Gasteiger partial charge in [-0.3, -0.25) is 4.79 Å². The zero-order valence-electron chi connectivity index (χ0n) is 14.3. The number of carbonyl (C=O) groups excluding carboxylic acids is 1. The van der Waals surface area contributed by atoms with Crippen molar-refractivity contribution in [3.05, 3.63) is 35.4 Å². The van der Waals surface area contributed by atoms with Crippen LogP contribution in [0.15, 0.2) is 24.3 Å². The van der Waals surface area contributed by atoms with Gasteiger partial charge in [0.2, 0.25) is 0 Å². The maximum absolute atomic E-state index is 12.0. The molecule has 1 aliphatic carbocycles. The Kier molecular flexibility index (Phi) is 5.49. The average molecular weight is 334 g/mol. The van der Waals surface area contributed by atoms with E-state index in [2.05, 4.69) is 10.6 Å². The summed E-state index contributed by atoms with van der Waals surface area (Å²) in [6.07, 6.45) is 1.90. The highest BCUT2D eigenvalue weighted by Gasteiger charge is 2.37. The van der Waals surface area contributed by atoms with Crippen LogP contribution in [0, 0.1) is 5.41 Å². The van der Waals surface area contributed by atoms with Crippen LogP contribution in [-0.2, 0) is 17.6 Å². The molecular weight excluding hydrogens is 308 g/mol. The van der Waals surface area contributed by atoms with E-state index in [9.17, 15) is 19.8 Å². The Bertz CT molecular complexity index is 586. The minimum atomic E-state index is -0.986. The molecule has 0 aromatic heterocycles. The van der Waals surface area contributed by atoms with E-state index in [1.165, 1.54) is 0 Å². The van der Waals surface area contributed by atoms with Crippen molar-refractivity contribution in [3.63, 3.8) is 0 Å². The lowest BCUT2D eigenvalue weighted by Gasteiger charge is -2.27. The van der Waals surface area contributed by atoms with Gasteiger partial charge in [0.1, 0.15) is 0 Å². The minimum Gasteiger partial charge on any atom is -0.481 e. The Labute approximate surface area is 142 Å². The van der Waals surface area contributed by atoms with Gasteiger partial charge in [0.05, 0.1) is 11.0 Å². The summed E-state index contributed by atoms with van der Waals surface area (Å²) < 4.78 is 0. The van der Waals surface area contributed by atoms with Gasteiger partial charge < -0.3 is 20.8 Å². The SMILES string of the molecule is CCC(CC)(CNC(=O)NCC1(O)Cc2ccccc2C1)C(=O)O. The molecule has 0 fully saturated rings. The van der Waals surface area contributed by atoms with Crippen molar-refractivity contribution in [2.24, 2.45) is 5.41 Å². The van der Waals surface area contributed by atoms with E-state index >= 15 is 0 Å². The Morgan fingerprint density at radius 2 is 1.67 bits per heavy atom. The Morgan fingerprint density at radius 1 is 1.12 bits per heavy atom. The minimum absolute atomic E-state index is 0.0693. The van der Waals surface area contributed by atoms with Gasteiger partial charge in [0.15, 0.2) is 0 Å². The number of nitrogens with one attached hydrogen (secondary N) is 2. The lowest BCUT2D eigenvalue weighted by atomic mass is 9.82. The maximum Gasteiger partial charge on any atom is 0.314 e. The molecule has 1 aliphatic rings. The first-order valence-corrected chi connectivity index (χ1v) is 8.38. The molecule has 1 aromatic carbocycles. The van der Waals surface area contributed by atoms with Crippen molar-refractivity contribution in [1.29, 1.82) is 0 Å². The fourth-order valence-corrected chi connectivity index (χ4v) is 3.23. The summed E-state index contributed by atoms with van der Waals surface area (Å²) in [6.45, 7) is 3.80. The van der Waals surface area contributed by atoms with Crippen LogP contribution < -0.4 is 10.6 Å². The van der Waals surface area contributed by atoms with Gasteiger partial charge in [0, 0.05) is 25.9 Å². The first-order valence-electron chi connectivity index (χ1n) is 8.38. The number of aliphatic hydroxyl groups is 1. The first kappa shape index (κ1) is 18.3. The van der Waals surface area contributed by atoms with Gasteiger partial charge in [-0.15, -0.1) is 0 Å². The van der Waals surface area contributed by atoms with Crippen LogP contribution >= 0.6 is 0 Å². The highest BCUT2D eigenvalue weighted by atomic mass is 16.4. The molecule has 132 valence electrons. The summed E-state index contributed by atoms with van der Waals surface area (Å²) in [4.78, 5) is 23.4. The van der Waals surface area contributed by atoms with Gasteiger partial charge >= 0.3 is 12.0 Å². The summed E-state index contributed by atoms with van der Waals surface area (Å²) in [7, 11) is 0. The van der Waals surface area contributed by atoms with Crippen LogP contribution in [0.5, 0.6) is 0 Å². The van der Waals surface area contributed by atoms with Crippen molar-refractivity contribution >= 4 is 12.0 Å². The second kappa shape index (κ2) is 7.21. The summed E-state index contributed by atoms with van der Waals surface area (Å²) >= 11 is 0. The lowest BCUT2D eigenvalue weighted by Crippen LogP contribution is -2.50. The fourth-order valence-electron chi connectivity index (χ4n) is 3.23. The van der Waals surface area contributed by atoms with E-state index < -0.39 is 23.0 Å². The molecule has 2 amide bonds. The van der Waals surface area contributed by atoms with E-state index in [1.807, 2.05) is 24.3 Å². The quantitative estimate of drug-likeness (QED) is 0.610. The lowest BCUT2D eigenvalue weighted by molar-refractivity contribution is -0.149. The number of benzene rings is 1. The van der Waals surface area contributed by atoms with Crippen LogP contribution in [0.2, 0.25) is 0 Å². The Hall–Kier alpha value is -2.08. The molecule has 24 heavy (non-hydrogen) atoms. The number of carboxylic acid groups (broad SMARTS) is 1. The summed E-state index contributed by atoms with van der Waals surface area (Å²) in [5.41, 5.74) is 0.270. The zero-order chi connectivity index (χ0) is 17.8. The van der Waals surface area contributed by atoms with Crippen molar-refractivity contribution < 1.29 is 19.8 Å². The Balaban J connectivity index is 1.85. The topological polar surface area (TPSA) is 98.7 Å². The second-order valence-electron chi connectivity index (χ2n) is 6.68. The van der Waals surface area contributed by atoms with E-state index in [0.29, 0.717) is 25.7 Å². The van der Waals surface area contributed by atoms with Crippen LogP contribution in [-0.4, -0.2) is 40.9 Å². The Morgan fingerprint density at radius 3 is 2.12 bits per heavy atom. The molecule has 6 nitrogen and oxygen atoms in total. The van der Waals surface area contributed by atoms with Crippen LogP contribution in [0.25, 0.3) is 0 Å². The molecular formula is C18H26N2O4. The molecule has 0 unspecified atom stereocenters. The van der Waals surface area contributed by atoms with Gasteiger partial charge in [-0.05, 0) is 24.0 Å². The smallest absolute Gasteiger partial charge is 0.314 e. The van der Waals surface area contributed by atoms with Gasteiger partial charge in [0.25, 0.3) is 0 Å². The molecule has 0 spiro atoms. The summed E-state index contributed by atoms with van der Waals surface area (Å²) in [5.74, 6) is -0.905. The molecule has 0 atom stereocenters. The number of amides is 2. The standard InChI is InChI=1S/C18H26N2O4/c1-3-17(4-2,15(21)22)11-19-16(23)20-12-18(24)9-13-7-5-6-8-14(13)10-18/h5-8,24H,3-4,9-12H2,1-2H3,(H,21,22)(H2,19,20,23). The molecule has 0 saturated carbocycles. The van der Waals surface area contributed by atoms with E-state index in [4.69, 9.17) is 0 Å². The molecule has 1 aromatic rings. The highest BCUT2D eigenvalue weighted by Crippen LogP contribution is 2.29. The number of carboxylic acids is 1. The van der Waals surface area contributed by atoms with Crippen molar-refractivity contribution in [1.82, 2.24) is 10.6 Å². The monoisotopic (exact) mass is 334 g/mol. The normalized spacial score (nSPS) is 15.6. The predicted octanol–water partition coefficient (Wildman–Crippen LogP) is 1.71. The number of hydrogen-bond acceptors (Lipinski definition) is 3. The molecule has 0 heterocycles.